The largest absolute Gasteiger partial charge is 0.508 e. The van der Waals surface area contributed by atoms with Crippen molar-refractivity contribution in [2.45, 2.75) is 32.6 Å². The van der Waals surface area contributed by atoms with Crippen molar-refractivity contribution in [3.8, 4) is 5.75 Å². The Morgan fingerprint density at radius 2 is 1.89 bits per heavy atom. The first-order chi connectivity index (χ1) is 13.6. The van der Waals surface area contributed by atoms with E-state index < -0.39 is 0 Å². The molecule has 4 rings (SSSR count). The highest BCUT2D eigenvalue weighted by molar-refractivity contribution is 6.32. The van der Waals surface area contributed by atoms with E-state index >= 15 is 0 Å². The van der Waals surface area contributed by atoms with Crippen LogP contribution in [-0.4, -0.2) is 12.2 Å². The molecular formula is C25H26ClNO. The van der Waals surface area contributed by atoms with E-state index in [1.54, 1.807) is 12.1 Å². The fourth-order valence-corrected chi connectivity index (χ4v) is 4.65. The standard InChI is InChI=1S/C25H26ClNO/c1-16-6-8-17(9-7-16)25-21-12-10-19(27-2)14-18(21)4-3-5-23(25)22-13-11-20(28)15-24(22)26/h6-8,10-15,17,27-28H,3-5,9H2,1-2H3. The molecule has 0 amide bonds. The molecule has 0 heterocycles. The van der Waals surface area contributed by atoms with E-state index in [1.807, 2.05) is 13.1 Å². The summed E-state index contributed by atoms with van der Waals surface area (Å²) in [7, 11) is 1.97. The third-order valence-electron chi connectivity index (χ3n) is 5.82. The fraction of sp³-hybridized carbons (Fsp3) is 0.280. The number of aryl methyl sites for hydroxylation is 1. The highest BCUT2D eigenvalue weighted by atomic mass is 35.5. The lowest BCUT2D eigenvalue weighted by Gasteiger charge is -2.24. The molecule has 1 atom stereocenters. The van der Waals surface area contributed by atoms with Gasteiger partial charge in [0.15, 0.2) is 0 Å². The fourth-order valence-electron chi connectivity index (χ4n) is 4.37. The minimum absolute atomic E-state index is 0.208. The average Bonchev–Trinajstić information content (AvgIpc) is 2.87. The zero-order valence-electron chi connectivity index (χ0n) is 16.4. The number of aromatic hydroxyl groups is 1. The smallest absolute Gasteiger partial charge is 0.117 e. The van der Waals surface area contributed by atoms with Gasteiger partial charge in [-0.15, -0.1) is 0 Å². The molecule has 2 aromatic carbocycles. The molecule has 0 saturated carbocycles. The first-order valence-electron chi connectivity index (χ1n) is 9.94. The minimum atomic E-state index is 0.208. The predicted octanol–water partition coefficient (Wildman–Crippen LogP) is 6.86. The third kappa shape index (κ3) is 3.62. The van der Waals surface area contributed by atoms with Crippen LogP contribution in [0.1, 0.15) is 42.9 Å². The molecule has 2 aromatic rings. The van der Waals surface area contributed by atoms with Crippen LogP contribution in [0.4, 0.5) is 5.69 Å². The van der Waals surface area contributed by atoms with Crippen LogP contribution >= 0.6 is 11.6 Å². The summed E-state index contributed by atoms with van der Waals surface area (Å²) < 4.78 is 0. The van der Waals surface area contributed by atoms with Gasteiger partial charge in [-0.25, -0.2) is 0 Å². The van der Waals surface area contributed by atoms with Gasteiger partial charge < -0.3 is 10.4 Å². The molecule has 2 aliphatic carbocycles. The topological polar surface area (TPSA) is 32.3 Å². The molecule has 0 aliphatic heterocycles. The van der Waals surface area contributed by atoms with Crippen LogP contribution in [0.25, 0.3) is 11.1 Å². The number of anilines is 1. The second-order valence-corrected chi connectivity index (χ2v) is 8.09. The first-order valence-corrected chi connectivity index (χ1v) is 10.3. The number of allylic oxidation sites excluding steroid dienone is 6. The molecule has 0 aromatic heterocycles. The zero-order valence-corrected chi connectivity index (χ0v) is 17.2. The predicted molar refractivity (Wildman–Crippen MR) is 120 cm³/mol. The molecule has 2 nitrogen and oxygen atoms in total. The molecule has 0 bridgehead atoms. The van der Waals surface area contributed by atoms with Gasteiger partial charge in [0.25, 0.3) is 0 Å². The van der Waals surface area contributed by atoms with Crippen molar-refractivity contribution in [3.05, 3.63) is 81.9 Å². The lowest BCUT2D eigenvalue weighted by atomic mass is 9.80. The Labute approximate surface area is 172 Å². The minimum Gasteiger partial charge on any atom is -0.508 e. The van der Waals surface area contributed by atoms with Gasteiger partial charge in [-0.3, -0.25) is 0 Å². The van der Waals surface area contributed by atoms with E-state index in [0.717, 1.165) is 36.9 Å². The highest BCUT2D eigenvalue weighted by Gasteiger charge is 2.25. The summed E-state index contributed by atoms with van der Waals surface area (Å²) in [5, 5.41) is 13.7. The SMILES string of the molecule is CNc1ccc2c(c1)CCCC(c1ccc(O)cc1Cl)=C2C1C=CC(C)=CC1. The van der Waals surface area contributed by atoms with Crippen LogP contribution in [0.3, 0.4) is 0 Å². The first kappa shape index (κ1) is 18.9. The van der Waals surface area contributed by atoms with E-state index in [9.17, 15) is 5.11 Å². The summed E-state index contributed by atoms with van der Waals surface area (Å²) in [4.78, 5) is 0. The molecule has 0 spiro atoms. The summed E-state index contributed by atoms with van der Waals surface area (Å²) in [6.07, 6.45) is 11.0. The van der Waals surface area contributed by atoms with Gasteiger partial charge in [-0.05, 0) is 90.8 Å². The van der Waals surface area contributed by atoms with Gasteiger partial charge >= 0.3 is 0 Å². The summed E-state index contributed by atoms with van der Waals surface area (Å²) in [5.74, 6) is 0.542. The van der Waals surface area contributed by atoms with E-state index in [-0.39, 0.29) is 5.75 Å². The lowest BCUT2D eigenvalue weighted by Crippen LogP contribution is -2.07. The number of phenolic OH excluding ortho intramolecular Hbond substituents is 1. The molecule has 28 heavy (non-hydrogen) atoms. The van der Waals surface area contributed by atoms with Gasteiger partial charge in [-0.2, -0.15) is 0 Å². The molecule has 144 valence electrons. The monoisotopic (exact) mass is 391 g/mol. The molecular weight excluding hydrogens is 366 g/mol. The molecule has 0 fully saturated rings. The molecule has 1 unspecified atom stereocenters. The average molecular weight is 392 g/mol. The van der Waals surface area contributed by atoms with E-state index in [0.29, 0.717) is 10.9 Å². The number of hydrogen-bond donors (Lipinski definition) is 2. The Balaban J connectivity index is 1.94. The number of fused-ring (bicyclic) bond motifs is 1. The van der Waals surface area contributed by atoms with Gasteiger partial charge in [0.05, 0.1) is 5.02 Å². The van der Waals surface area contributed by atoms with Crippen molar-refractivity contribution in [2.75, 3.05) is 12.4 Å². The Bertz CT molecular complexity index is 1000. The third-order valence-corrected chi connectivity index (χ3v) is 6.13. The number of benzene rings is 2. The Kier molecular flexibility index (Phi) is 5.32. The zero-order chi connectivity index (χ0) is 19.7. The van der Waals surface area contributed by atoms with Gasteiger partial charge in [0.1, 0.15) is 5.75 Å². The van der Waals surface area contributed by atoms with Crippen molar-refractivity contribution in [1.29, 1.82) is 0 Å². The Hall–Kier alpha value is -2.45. The van der Waals surface area contributed by atoms with Gasteiger partial charge in [-0.1, -0.05) is 41.5 Å². The summed E-state index contributed by atoms with van der Waals surface area (Å²) >= 11 is 6.58. The molecule has 3 heteroatoms. The highest BCUT2D eigenvalue weighted by Crippen LogP contribution is 2.45. The van der Waals surface area contributed by atoms with Crippen molar-refractivity contribution < 1.29 is 5.11 Å². The van der Waals surface area contributed by atoms with Crippen molar-refractivity contribution in [2.24, 2.45) is 5.92 Å². The molecule has 0 radical (unpaired) electrons. The molecule has 2 aliphatic rings. The normalized spacial score (nSPS) is 19.1. The van der Waals surface area contributed by atoms with Crippen LogP contribution in [0, 0.1) is 5.92 Å². The molecule has 2 N–H and O–H groups in total. The number of hydrogen-bond acceptors (Lipinski definition) is 2. The van der Waals surface area contributed by atoms with Crippen molar-refractivity contribution in [3.63, 3.8) is 0 Å². The second kappa shape index (κ2) is 7.89. The van der Waals surface area contributed by atoms with Crippen molar-refractivity contribution in [1.82, 2.24) is 0 Å². The maximum absolute atomic E-state index is 9.82. The second-order valence-electron chi connectivity index (χ2n) is 7.68. The number of halogens is 1. The quantitative estimate of drug-likeness (QED) is 0.599. The Morgan fingerprint density at radius 1 is 1.07 bits per heavy atom. The van der Waals surface area contributed by atoms with Gasteiger partial charge in [0.2, 0.25) is 0 Å². The number of nitrogens with one attached hydrogen (secondary N) is 1. The maximum atomic E-state index is 9.82. The number of rotatable bonds is 3. The van der Waals surface area contributed by atoms with E-state index in [1.165, 1.54) is 27.8 Å². The van der Waals surface area contributed by atoms with E-state index in [4.69, 9.17) is 11.6 Å². The Morgan fingerprint density at radius 3 is 2.61 bits per heavy atom. The summed E-state index contributed by atoms with van der Waals surface area (Å²) in [6.45, 7) is 2.15. The van der Waals surface area contributed by atoms with Crippen LogP contribution in [0.5, 0.6) is 5.75 Å². The van der Waals surface area contributed by atoms with Crippen molar-refractivity contribution >= 4 is 28.4 Å². The number of phenols is 1. The maximum Gasteiger partial charge on any atom is 0.117 e. The summed E-state index contributed by atoms with van der Waals surface area (Å²) in [6, 6.07) is 12.1. The van der Waals surface area contributed by atoms with Crippen LogP contribution in [0.15, 0.2) is 60.2 Å². The van der Waals surface area contributed by atoms with E-state index in [2.05, 4.69) is 48.7 Å². The molecule has 0 saturated heterocycles. The van der Waals surface area contributed by atoms with Crippen LogP contribution < -0.4 is 5.32 Å². The summed E-state index contributed by atoms with van der Waals surface area (Å²) in [5.41, 5.74) is 8.93. The van der Waals surface area contributed by atoms with Crippen LogP contribution in [0.2, 0.25) is 5.02 Å². The van der Waals surface area contributed by atoms with Crippen LogP contribution in [-0.2, 0) is 6.42 Å². The lowest BCUT2D eigenvalue weighted by molar-refractivity contribution is 0.475. The van der Waals surface area contributed by atoms with Gasteiger partial charge in [0, 0.05) is 18.7 Å².